The molecule has 2 aromatic carbocycles. The van der Waals surface area contributed by atoms with Gasteiger partial charge in [0.25, 0.3) is 0 Å². The second-order valence-corrected chi connectivity index (χ2v) is 6.18. The topological polar surface area (TPSA) is 35.5 Å². The van der Waals surface area contributed by atoms with Crippen molar-refractivity contribution in [3.05, 3.63) is 59.7 Å². The van der Waals surface area contributed by atoms with Crippen LogP contribution >= 0.6 is 0 Å². The standard InChI is InChI=1S/C18H17F3O3/c1-17(2,3)13-9-5-4-8-12(13)16(22)23-14-10-6-7-11-15(14)24-18(19,20)21/h4-11H,1-3H3. The second-order valence-electron chi connectivity index (χ2n) is 6.18. The van der Waals surface area contributed by atoms with Gasteiger partial charge in [0.2, 0.25) is 0 Å². The molecular formula is C18H17F3O3. The van der Waals surface area contributed by atoms with Gasteiger partial charge in [0, 0.05) is 0 Å². The molecule has 6 heteroatoms. The van der Waals surface area contributed by atoms with Gasteiger partial charge in [-0.15, -0.1) is 13.2 Å². The average molecular weight is 338 g/mol. The highest BCUT2D eigenvalue weighted by atomic mass is 19.4. The summed E-state index contributed by atoms with van der Waals surface area (Å²) in [5, 5.41) is 0. The van der Waals surface area contributed by atoms with Crippen molar-refractivity contribution < 1.29 is 27.4 Å². The Bertz CT molecular complexity index is 731. The number of hydrogen-bond donors (Lipinski definition) is 0. The van der Waals surface area contributed by atoms with Gasteiger partial charge in [0.15, 0.2) is 11.5 Å². The van der Waals surface area contributed by atoms with Gasteiger partial charge >= 0.3 is 12.3 Å². The Hall–Kier alpha value is -2.50. The third-order valence-corrected chi connectivity index (χ3v) is 3.23. The molecule has 0 N–H and O–H groups in total. The number of esters is 1. The Morgan fingerprint density at radius 2 is 1.42 bits per heavy atom. The van der Waals surface area contributed by atoms with Crippen molar-refractivity contribution in [1.82, 2.24) is 0 Å². The molecule has 0 heterocycles. The van der Waals surface area contributed by atoms with Crippen molar-refractivity contribution in [2.45, 2.75) is 32.5 Å². The van der Waals surface area contributed by atoms with E-state index in [1.807, 2.05) is 20.8 Å². The van der Waals surface area contributed by atoms with Gasteiger partial charge in [0.05, 0.1) is 5.56 Å². The summed E-state index contributed by atoms with van der Waals surface area (Å²) in [4.78, 5) is 12.4. The number of hydrogen-bond acceptors (Lipinski definition) is 3. The van der Waals surface area contributed by atoms with E-state index in [1.54, 1.807) is 24.3 Å². The fourth-order valence-corrected chi connectivity index (χ4v) is 2.21. The fraction of sp³-hybridized carbons (Fsp3) is 0.278. The number of ether oxygens (including phenoxy) is 2. The molecule has 0 saturated heterocycles. The van der Waals surface area contributed by atoms with Crippen LogP contribution in [0.5, 0.6) is 11.5 Å². The molecule has 0 aliphatic heterocycles. The molecule has 128 valence electrons. The van der Waals surface area contributed by atoms with E-state index in [1.165, 1.54) is 18.2 Å². The van der Waals surface area contributed by atoms with Crippen molar-refractivity contribution >= 4 is 5.97 Å². The summed E-state index contributed by atoms with van der Waals surface area (Å²) in [7, 11) is 0. The number of halogens is 3. The molecule has 0 bridgehead atoms. The summed E-state index contributed by atoms with van der Waals surface area (Å²) in [5.74, 6) is -1.59. The van der Waals surface area contributed by atoms with Crippen LogP contribution in [0.15, 0.2) is 48.5 Å². The molecule has 2 aromatic rings. The maximum absolute atomic E-state index is 12.4. The van der Waals surface area contributed by atoms with Crippen molar-refractivity contribution in [3.8, 4) is 11.5 Å². The van der Waals surface area contributed by atoms with Crippen LogP contribution in [0.4, 0.5) is 13.2 Å². The van der Waals surface area contributed by atoms with Gasteiger partial charge in [-0.05, 0) is 29.2 Å². The zero-order chi connectivity index (χ0) is 18.0. The first kappa shape index (κ1) is 17.8. The number of benzene rings is 2. The lowest BCUT2D eigenvalue weighted by atomic mass is 9.84. The zero-order valence-corrected chi connectivity index (χ0v) is 13.5. The molecule has 0 saturated carbocycles. The second kappa shape index (κ2) is 6.55. The lowest BCUT2D eigenvalue weighted by Crippen LogP contribution is -2.21. The maximum Gasteiger partial charge on any atom is 0.573 e. The molecule has 3 nitrogen and oxygen atoms in total. The highest BCUT2D eigenvalue weighted by Crippen LogP contribution is 2.33. The molecule has 0 aliphatic carbocycles. The van der Waals surface area contributed by atoms with Crippen LogP contribution in [-0.4, -0.2) is 12.3 Å². The summed E-state index contributed by atoms with van der Waals surface area (Å²) < 4.78 is 46.4. The first-order valence-corrected chi connectivity index (χ1v) is 7.24. The van der Waals surface area contributed by atoms with Crippen molar-refractivity contribution in [2.24, 2.45) is 0 Å². The van der Waals surface area contributed by atoms with E-state index in [4.69, 9.17) is 4.74 Å². The molecule has 0 radical (unpaired) electrons. The van der Waals surface area contributed by atoms with Crippen molar-refractivity contribution in [3.63, 3.8) is 0 Å². The summed E-state index contributed by atoms with van der Waals surface area (Å²) in [6.45, 7) is 5.79. The lowest BCUT2D eigenvalue weighted by Gasteiger charge is -2.22. The third kappa shape index (κ3) is 4.50. The Morgan fingerprint density at radius 3 is 2.00 bits per heavy atom. The largest absolute Gasteiger partial charge is 0.573 e. The van der Waals surface area contributed by atoms with E-state index in [9.17, 15) is 18.0 Å². The first-order chi connectivity index (χ1) is 11.1. The number of alkyl halides is 3. The van der Waals surface area contributed by atoms with Crippen LogP contribution < -0.4 is 9.47 Å². The number of carbonyl (C=O) groups excluding carboxylic acids is 1. The van der Waals surface area contributed by atoms with Crippen molar-refractivity contribution in [2.75, 3.05) is 0 Å². The Labute approximate surface area is 138 Å². The minimum absolute atomic E-state index is 0.288. The number of rotatable bonds is 3. The number of carbonyl (C=O) groups is 1. The van der Waals surface area contributed by atoms with Gasteiger partial charge < -0.3 is 9.47 Å². The van der Waals surface area contributed by atoms with E-state index < -0.39 is 18.1 Å². The van der Waals surface area contributed by atoms with E-state index in [-0.39, 0.29) is 11.2 Å². The molecule has 0 unspecified atom stereocenters. The third-order valence-electron chi connectivity index (χ3n) is 3.23. The summed E-state index contributed by atoms with van der Waals surface area (Å²) in [6.07, 6.45) is -4.87. The lowest BCUT2D eigenvalue weighted by molar-refractivity contribution is -0.275. The predicted octanol–water partition coefficient (Wildman–Crippen LogP) is 5.10. The van der Waals surface area contributed by atoms with Crippen LogP contribution in [0, 0.1) is 0 Å². The molecule has 0 aliphatic rings. The normalized spacial score (nSPS) is 11.9. The summed E-state index contributed by atoms with van der Waals surface area (Å²) >= 11 is 0. The molecule has 0 amide bonds. The van der Waals surface area contributed by atoms with Gasteiger partial charge in [-0.1, -0.05) is 51.1 Å². The van der Waals surface area contributed by atoms with Crippen LogP contribution in [0.2, 0.25) is 0 Å². The number of para-hydroxylation sites is 2. The highest BCUT2D eigenvalue weighted by Gasteiger charge is 2.33. The summed E-state index contributed by atoms with van der Waals surface area (Å²) in [5.41, 5.74) is 0.716. The fourth-order valence-electron chi connectivity index (χ4n) is 2.21. The van der Waals surface area contributed by atoms with Gasteiger partial charge in [-0.25, -0.2) is 4.79 Å². The molecule has 24 heavy (non-hydrogen) atoms. The SMILES string of the molecule is CC(C)(C)c1ccccc1C(=O)Oc1ccccc1OC(F)(F)F. The van der Waals surface area contributed by atoms with Gasteiger partial charge in [0.1, 0.15) is 0 Å². The minimum Gasteiger partial charge on any atom is -0.419 e. The molecular weight excluding hydrogens is 321 g/mol. The Kier molecular flexibility index (Phi) is 4.87. The summed E-state index contributed by atoms with van der Waals surface area (Å²) in [6, 6.07) is 12.0. The molecule has 0 atom stereocenters. The molecule has 0 fully saturated rings. The quantitative estimate of drug-likeness (QED) is 0.577. The monoisotopic (exact) mass is 338 g/mol. The smallest absolute Gasteiger partial charge is 0.419 e. The van der Waals surface area contributed by atoms with E-state index in [2.05, 4.69) is 4.74 Å². The van der Waals surface area contributed by atoms with Crippen LogP contribution in [0.1, 0.15) is 36.7 Å². The molecule has 2 rings (SSSR count). The van der Waals surface area contributed by atoms with Crippen molar-refractivity contribution in [1.29, 1.82) is 0 Å². The zero-order valence-electron chi connectivity index (χ0n) is 13.5. The average Bonchev–Trinajstić information content (AvgIpc) is 2.47. The molecule has 0 aromatic heterocycles. The highest BCUT2D eigenvalue weighted by molar-refractivity contribution is 5.93. The van der Waals surface area contributed by atoms with Gasteiger partial charge in [-0.3, -0.25) is 0 Å². The Balaban J connectivity index is 2.32. The first-order valence-electron chi connectivity index (χ1n) is 7.24. The predicted molar refractivity (Wildman–Crippen MR) is 83.2 cm³/mol. The maximum atomic E-state index is 12.4. The van der Waals surface area contributed by atoms with Gasteiger partial charge in [-0.2, -0.15) is 0 Å². The van der Waals surface area contributed by atoms with Crippen LogP contribution in [-0.2, 0) is 5.41 Å². The van der Waals surface area contributed by atoms with Crippen LogP contribution in [0.25, 0.3) is 0 Å². The van der Waals surface area contributed by atoms with E-state index in [0.717, 1.165) is 11.6 Å². The van der Waals surface area contributed by atoms with E-state index in [0.29, 0.717) is 5.56 Å². The van der Waals surface area contributed by atoms with Crippen LogP contribution in [0.3, 0.4) is 0 Å². The molecule has 0 spiro atoms. The Morgan fingerprint density at radius 1 is 0.875 bits per heavy atom. The van der Waals surface area contributed by atoms with E-state index >= 15 is 0 Å². The minimum atomic E-state index is -4.87.